The zero-order valence-electron chi connectivity index (χ0n) is 13.6. The first-order chi connectivity index (χ1) is 12.0. The third-order valence-electron chi connectivity index (χ3n) is 5.22. The molecule has 1 aliphatic carbocycles. The first-order valence-corrected chi connectivity index (χ1v) is 8.54. The second kappa shape index (κ2) is 5.90. The summed E-state index contributed by atoms with van der Waals surface area (Å²) in [5.41, 5.74) is -1.73. The lowest BCUT2D eigenvalue weighted by Gasteiger charge is -2.18. The van der Waals surface area contributed by atoms with E-state index in [1.807, 2.05) is 0 Å². The van der Waals surface area contributed by atoms with Gasteiger partial charge in [0.05, 0.1) is 11.5 Å². The number of rotatable bonds is 3. The summed E-state index contributed by atoms with van der Waals surface area (Å²) in [6, 6.07) is 9.87. The summed E-state index contributed by atoms with van der Waals surface area (Å²) >= 11 is 0. The van der Waals surface area contributed by atoms with Gasteiger partial charge in [0.15, 0.2) is 0 Å². The zero-order chi connectivity index (χ0) is 17.6. The monoisotopic (exact) mass is 345 g/mol. The maximum atomic E-state index is 15.5. The molecule has 2 aliphatic rings. The lowest BCUT2D eigenvalue weighted by atomic mass is 9.93. The fourth-order valence-corrected chi connectivity index (χ4v) is 3.80. The van der Waals surface area contributed by atoms with E-state index in [1.165, 1.54) is 18.2 Å². The maximum Gasteiger partial charge on any atom is 0.229 e. The first kappa shape index (κ1) is 16.2. The van der Waals surface area contributed by atoms with Crippen LogP contribution in [0.3, 0.4) is 0 Å². The highest BCUT2D eigenvalue weighted by molar-refractivity contribution is 5.85. The predicted octanol–water partition coefficient (Wildman–Crippen LogP) is 4.44. The van der Waals surface area contributed by atoms with Gasteiger partial charge in [-0.3, -0.25) is 4.79 Å². The van der Waals surface area contributed by atoms with E-state index >= 15 is 4.39 Å². The molecule has 2 atom stereocenters. The van der Waals surface area contributed by atoms with Gasteiger partial charge in [-0.2, -0.15) is 0 Å². The van der Waals surface area contributed by atoms with Gasteiger partial charge < -0.3 is 4.90 Å². The Balaban J connectivity index is 1.72. The molecule has 1 amide bonds. The molecular weight excluding hydrogens is 327 g/mol. The molecule has 1 saturated carbocycles. The molecule has 0 N–H and O–H groups in total. The Morgan fingerprint density at radius 3 is 2.32 bits per heavy atom. The van der Waals surface area contributed by atoms with Crippen LogP contribution in [0.1, 0.15) is 24.8 Å². The zero-order valence-corrected chi connectivity index (χ0v) is 13.6. The molecule has 5 heteroatoms. The Kier molecular flexibility index (Phi) is 3.82. The molecule has 130 valence electrons. The van der Waals surface area contributed by atoms with Crippen molar-refractivity contribution in [2.75, 3.05) is 13.1 Å². The third-order valence-corrected chi connectivity index (χ3v) is 5.22. The van der Waals surface area contributed by atoms with Gasteiger partial charge in [-0.05, 0) is 36.1 Å². The minimum atomic E-state index is -1.86. The largest absolute Gasteiger partial charge is 0.342 e. The lowest BCUT2D eigenvalue weighted by molar-refractivity contribution is -0.132. The van der Waals surface area contributed by atoms with Gasteiger partial charge in [-0.25, -0.2) is 13.2 Å². The molecule has 1 saturated heterocycles. The average Bonchev–Trinajstić information content (AvgIpc) is 3.04. The van der Waals surface area contributed by atoms with Crippen molar-refractivity contribution in [2.45, 2.75) is 24.9 Å². The molecule has 0 spiro atoms. The molecule has 2 aromatic rings. The highest BCUT2D eigenvalue weighted by Crippen LogP contribution is 2.58. The SMILES string of the molecule is O=C(C1CC1(F)c1ccccc1-c1c(F)cccc1F)N1CCCC1. The predicted molar refractivity (Wildman–Crippen MR) is 88.5 cm³/mol. The van der Waals surface area contributed by atoms with Gasteiger partial charge in [-0.1, -0.05) is 30.3 Å². The lowest BCUT2D eigenvalue weighted by Crippen LogP contribution is -2.31. The van der Waals surface area contributed by atoms with E-state index in [4.69, 9.17) is 0 Å². The molecule has 0 bridgehead atoms. The van der Waals surface area contributed by atoms with Gasteiger partial charge in [0.1, 0.15) is 17.3 Å². The summed E-state index contributed by atoms with van der Waals surface area (Å²) in [5, 5.41) is 0. The van der Waals surface area contributed by atoms with Crippen LogP contribution < -0.4 is 0 Å². The van der Waals surface area contributed by atoms with Crippen molar-refractivity contribution in [2.24, 2.45) is 5.92 Å². The quantitative estimate of drug-likeness (QED) is 0.805. The van der Waals surface area contributed by atoms with E-state index in [-0.39, 0.29) is 29.0 Å². The van der Waals surface area contributed by atoms with Crippen molar-refractivity contribution in [1.82, 2.24) is 4.90 Å². The topological polar surface area (TPSA) is 20.3 Å². The molecule has 25 heavy (non-hydrogen) atoms. The number of hydrogen-bond donors (Lipinski definition) is 0. The average molecular weight is 345 g/mol. The van der Waals surface area contributed by atoms with Crippen molar-refractivity contribution in [1.29, 1.82) is 0 Å². The van der Waals surface area contributed by atoms with Gasteiger partial charge >= 0.3 is 0 Å². The maximum absolute atomic E-state index is 15.5. The molecule has 2 fully saturated rings. The number of amides is 1. The van der Waals surface area contributed by atoms with Crippen LogP contribution in [0, 0.1) is 17.6 Å². The Hall–Kier alpha value is -2.30. The van der Waals surface area contributed by atoms with E-state index in [9.17, 15) is 13.6 Å². The van der Waals surface area contributed by atoms with E-state index in [0.717, 1.165) is 25.0 Å². The van der Waals surface area contributed by atoms with Crippen LogP contribution in [-0.4, -0.2) is 23.9 Å². The van der Waals surface area contributed by atoms with Crippen molar-refractivity contribution in [3.05, 3.63) is 59.7 Å². The highest BCUT2D eigenvalue weighted by atomic mass is 19.1. The second-order valence-electron chi connectivity index (χ2n) is 6.79. The molecular formula is C20H18F3NO. The molecule has 2 nitrogen and oxygen atoms in total. The normalized spacial score (nSPS) is 25.2. The van der Waals surface area contributed by atoms with Crippen LogP contribution in [0.2, 0.25) is 0 Å². The molecule has 2 unspecified atom stereocenters. The van der Waals surface area contributed by atoms with Crippen LogP contribution >= 0.6 is 0 Å². The molecule has 1 aliphatic heterocycles. The third kappa shape index (κ3) is 2.62. The van der Waals surface area contributed by atoms with Crippen LogP contribution in [0.25, 0.3) is 11.1 Å². The number of hydrogen-bond acceptors (Lipinski definition) is 1. The summed E-state index contributed by atoms with van der Waals surface area (Å²) in [4.78, 5) is 14.2. The number of carbonyl (C=O) groups is 1. The van der Waals surface area contributed by atoms with Gasteiger partial charge in [0, 0.05) is 19.5 Å². The fraction of sp³-hybridized carbons (Fsp3) is 0.350. The number of likely N-dealkylation sites (tertiary alicyclic amines) is 1. The van der Waals surface area contributed by atoms with Crippen molar-refractivity contribution in [3.8, 4) is 11.1 Å². The minimum absolute atomic E-state index is 0.0649. The standard InChI is InChI=1S/C20H18F3NO/c21-16-8-5-9-17(22)18(16)13-6-1-2-7-14(13)20(23)12-15(20)19(25)24-10-3-4-11-24/h1-2,5-9,15H,3-4,10-12H2. The number of carbonyl (C=O) groups excluding carboxylic acids is 1. The van der Waals surface area contributed by atoms with Crippen molar-refractivity contribution < 1.29 is 18.0 Å². The van der Waals surface area contributed by atoms with Crippen molar-refractivity contribution in [3.63, 3.8) is 0 Å². The van der Waals surface area contributed by atoms with Crippen molar-refractivity contribution >= 4 is 5.91 Å². The number of benzene rings is 2. The number of alkyl halides is 1. The Labute approximate surface area is 144 Å². The highest BCUT2D eigenvalue weighted by Gasteiger charge is 2.62. The first-order valence-electron chi connectivity index (χ1n) is 8.54. The Morgan fingerprint density at radius 2 is 1.64 bits per heavy atom. The molecule has 2 aromatic carbocycles. The fourth-order valence-electron chi connectivity index (χ4n) is 3.80. The molecule has 0 radical (unpaired) electrons. The van der Waals surface area contributed by atoms with Crippen LogP contribution in [0.5, 0.6) is 0 Å². The van der Waals surface area contributed by atoms with E-state index < -0.39 is 23.2 Å². The smallest absolute Gasteiger partial charge is 0.229 e. The van der Waals surface area contributed by atoms with E-state index in [2.05, 4.69) is 0 Å². The van der Waals surface area contributed by atoms with Crippen LogP contribution in [0.15, 0.2) is 42.5 Å². The number of halogens is 3. The summed E-state index contributed by atoms with van der Waals surface area (Å²) in [7, 11) is 0. The number of nitrogens with zero attached hydrogens (tertiary/aromatic N) is 1. The summed E-state index contributed by atoms with van der Waals surface area (Å²) < 4.78 is 43.9. The van der Waals surface area contributed by atoms with Crippen LogP contribution in [-0.2, 0) is 10.5 Å². The molecule has 4 rings (SSSR count). The summed E-state index contributed by atoms with van der Waals surface area (Å²) in [6.45, 7) is 1.32. The van der Waals surface area contributed by atoms with E-state index in [1.54, 1.807) is 17.0 Å². The van der Waals surface area contributed by atoms with Crippen LogP contribution in [0.4, 0.5) is 13.2 Å². The molecule has 0 aromatic heterocycles. The minimum Gasteiger partial charge on any atom is -0.342 e. The van der Waals surface area contributed by atoms with E-state index in [0.29, 0.717) is 13.1 Å². The summed E-state index contributed by atoms with van der Waals surface area (Å²) in [5.74, 6) is -2.43. The molecule has 1 heterocycles. The second-order valence-corrected chi connectivity index (χ2v) is 6.79. The Morgan fingerprint density at radius 1 is 1.00 bits per heavy atom. The van der Waals surface area contributed by atoms with Gasteiger partial charge in [-0.15, -0.1) is 0 Å². The van der Waals surface area contributed by atoms with Gasteiger partial charge in [0.2, 0.25) is 5.91 Å². The Bertz CT molecular complexity index is 811. The summed E-state index contributed by atoms with van der Waals surface area (Å²) in [6.07, 6.45) is 1.94. The van der Waals surface area contributed by atoms with Gasteiger partial charge in [0.25, 0.3) is 0 Å².